The molecule has 134 valence electrons. The molecular formula is C18H21ClN2O4. The molecule has 1 heterocycles. The maximum absolute atomic E-state index is 12.8. The van der Waals surface area contributed by atoms with Gasteiger partial charge in [0.1, 0.15) is 22.2 Å². The number of carbonyl (C=O) groups excluding carboxylic acids is 2. The highest BCUT2D eigenvalue weighted by Gasteiger charge is 2.42. The van der Waals surface area contributed by atoms with E-state index in [0.717, 1.165) is 32.1 Å². The molecule has 0 spiro atoms. The van der Waals surface area contributed by atoms with E-state index in [9.17, 15) is 9.59 Å². The maximum atomic E-state index is 12.8. The predicted molar refractivity (Wildman–Crippen MR) is 94.8 cm³/mol. The monoisotopic (exact) mass is 364 g/mol. The van der Waals surface area contributed by atoms with Gasteiger partial charge >= 0.3 is 0 Å². The van der Waals surface area contributed by atoms with Gasteiger partial charge in [0, 0.05) is 12.1 Å². The Morgan fingerprint density at radius 1 is 1.08 bits per heavy atom. The minimum Gasteiger partial charge on any atom is -0.497 e. The van der Waals surface area contributed by atoms with E-state index in [1.54, 1.807) is 25.3 Å². The standard InChI is InChI=1S/C18H21ClN2O4/c1-24-12-8-9-13(14(10-12)25-2)20-16-15(19)17(22)21(18(16)23)11-6-4-3-5-7-11/h8-11,20H,3-7H2,1-2H3. The van der Waals surface area contributed by atoms with E-state index in [2.05, 4.69) is 5.32 Å². The van der Waals surface area contributed by atoms with Gasteiger partial charge in [0.25, 0.3) is 11.8 Å². The van der Waals surface area contributed by atoms with Gasteiger partial charge in [0.2, 0.25) is 0 Å². The molecule has 6 nitrogen and oxygen atoms in total. The molecule has 1 fully saturated rings. The molecule has 0 unspecified atom stereocenters. The summed E-state index contributed by atoms with van der Waals surface area (Å²) in [5, 5.41) is 2.89. The second-order valence-electron chi connectivity index (χ2n) is 6.15. The number of benzene rings is 1. The summed E-state index contributed by atoms with van der Waals surface area (Å²) in [5.74, 6) is 0.320. The van der Waals surface area contributed by atoms with Gasteiger partial charge < -0.3 is 14.8 Å². The number of imide groups is 1. The largest absolute Gasteiger partial charge is 0.497 e. The smallest absolute Gasteiger partial charge is 0.279 e. The van der Waals surface area contributed by atoms with Gasteiger partial charge in [-0.2, -0.15) is 0 Å². The lowest BCUT2D eigenvalue weighted by Gasteiger charge is -2.29. The zero-order valence-electron chi connectivity index (χ0n) is 14.3. The summed E-state index contributed by atoms with van der Waals surface area (Å²) in [5.41, 5.74) is 0.642. The molecule has 2 amide bonds. The summed E-state index contributed by atoms with van der Waals surface area (Å²) in [4.78, 5) is 26.6. The number of amides is 2. The quantitative estimate of drug-likeness (QED) is 0.812. The van der Waals surface area contributed by atoms with Crippen LogP contribution in [0.1, 0.15) is 32.1 Å². The van der Waals surface area contributed by atoms with Crippen LogP contribution in [-0.2, 0) is 9.59 Å². The Morgan fingerprint density at radius 3 is 2.44 bits per heavy atom. The molecule has 25 heavy (non-hydrogen) atoms. The molecule has 1 saturated carbocycles. The highest BCUT2D eigenvalue weighted by Crippen LogP contribution is 2.35. The van der Waals surface area contributed by atoms with Gasteiger partial charge in [-0.3, -0.25) is 14.5 Å². The summed E-state index contributed by atoms with van der Waals surface area (Å²) >= 11 is 6.18. The van der Waals surface area contributed by atoms with Crippen molar-refractivity contribution in [3.05, 3.63) is 28.9 Å². The average Bonchev–Trinajstić information content (AvgIpc) is 2.86. The number of rotatable bonds is 5. The Hall–Kier alpha value is -2.21. The summed E-state index contributed by atoms with van der Waals surface area (Å²) in [6.45, 7) is 0. The number of hydrogen-bond acceptors (Lipinski definition) is 5. The first-order chi connectivity index (χ1) is 12.1. The van der Waals surface area contributed by atoms with Crippen molar-refractivity contribution in [1.82, 2.24) is 4.90 Å². The maximum Gasteiger partial charge on any atom is 0.279 e. The number of hydrogen-bond donors (Lipinski definition) is 1. The van der Waals surface area contributed by atoms with Crippen LogP contribution in [0.5, 0.6) is 11.5 Å². The van der Waals surface area contributed by atoms with Crippen molar-refractivity contribution in [2.75, 3.05) is 19.5 Å². The zero-order valence-corrected chi connectivity index (χ0v) is 15.1. The van der Waals surface area contributed by atoms with E-state index in [4.69, 9.17) is 21.1 Å². The van der Waals surface area contributed by atoms with Crippen LogP contribution in [0.15, 0.2) is 28.9 Å². The molecule has 7 heteroatoms. The van der Waals surface area contributed by atoms with E-state index in [1.165, 1.54) is 12.0 Å². The van der Waals surface area contributed by atoms with Crippen LogP contribution in [0, 0.1) is 0 Å². The van der Waals surface area contributed by atoms with Crippen LogP contribution in [0.25, 0.3) is 0 Å². The van der Waals surface area contributed by atoms with Gasteiger partial charge in [0.15, 0.2) is 0 Å². The number of anilines is 1. The van der Waals surface area contributed by atoms with Crippen molar-refractivity contribution in [2.45, 2.75) is 38.1 Å². The molecule has 2 aliphatic rings. The Morgan fingerprint density at radius 2 is 1.80 bits per heavy atom. The third kappa shape index (κ3) is 3.31. The second kappa shape index (κ2) is 7.35. The molecule has 0 bridgehead atoms. The first-order valence-corrected chi connectivity index (χ1v) is 8.71. The van der Waals surface area contributed by atoms with Crippen molar-refractivity contribution < 1.29 is 19.1 Å². The zero-order chi connectivity index (χ0) is 18.0. The SMILES string of the molecule is COc1ccc(NC2=C(Cl)C(=O)N(C3CCCCC3)C2=O)c(OC)c1. The third-order valence-electron chi connectivity index (χ3n) is 4.67. The molecule has 0 atom stereocenters. The topological polar surface area (TPSA) is 67.9 Å². The average molecular weight is 365 g/mol. The summed E-state index contributed by atoms with van der Waals surface area (Å²) in [7, 11) is 3.08. The van der Waals surface area contributed by atoms with Gasteiger partial charge in [0.05, 0.1) is 19.9 Å². The minimum atomic E-state index is -0.423. The Kier molecular flexibility index (Phi) is 5.18. The lowest BCUT2D eigenvalue weighted by Crippen LogP contribution is -2.42. The van der Waals surface area contributed by atoms with Crippen molar-refractivity contribution in [2.24, 2.45) is 0 Å². The summed E-state index contributed by atoms with van der Waals surface area (Å²) < 4.78 is 10.5. The number of methoxy groups -OCH3 is 2. The third-order valence-corrected chi connectivity index (χ3v) is 5.02. The van der Waals surface area contributed by atoms with Gasteiger partial charge in [-0.1, -0.05) is 30.9 Å². The number of ether oxygens (including phenoxy) is 2. The van der Waals surface area contributed by atoms with Crippen molar-refractivity contribution in [1.29, 1.82) is 0 Å². The minimum absolute atomic E-state index is 0.0698. The van der Waals surface area contributed by atoms with Gasteiger partial charge in [-0.05, 0) is 25.0 Å². The Bertz CT molecular complexity index is 726. The molecule has 1 aliphatic carbocycles. The van der Waals surface area contributed by atoms with E-state index in [1.807, 2.05) is 0 Å². The Balaban J connectivity index is 1.85. The van der Waals surface area contributed by atoms with Crippen LogP contribution in [0.4, 0.5) is 5.69 Å². The first-order valence-electron chi connectivity index (χ1n) is 8.33. The van der Waals surface area contributed by atoms with Crippen molar-refractivity contribution in [3.63, 3.8) is 0 Å². The van der Waals surface area contributed by atoms with Gasteiger partial charge in [-0.15, -0.1) is 0 Å². The fourth-order valence-corrected chi connectivity index (χ4v) is 3.55. The first kappa shape index (κ1) is 17.6. The Labute approximate surface area is 151 Å². The molecule has 1 aliphatic heterocycles. The highest BCUT2D eigenvalue weighted by molar-refractivity contribution is 6.48. The number of nitrogens with zero attached hydrogens (tertiary/aromatic N) is 1. The number of carbonyl (C=O) groups is 2. The normalized spacial score (nSPS) is 18.8. The van der Waals surface area contributed by atoms with Crippen LogP contribution in [-0.4, -0.2) is 37.0 Å². The molecule has 1 N–H and O–H groups in total. The molecule has 1 aromatic carbocycles. The highest BCUT2D eigenvalue weighted by atomic mass is 35.5. The molecular weight excluding hydrogens is 344 g/mol. The lowest BCUT2D eigenvalue weighted by molar-refractivity contribution is -0.140. The summed E-state index contributed by atoms with van der Waals surface area (Å²) in [6.07, 6.45) is 4.85. The van der Waals surface area contributed by atoms with Crippen molar-refractivity contribution >= 4 is 29.1 Å². The van der Waals surface area contributed by atoms with Crippen LogP contribution < -0.4 is 14.8 Å². The molecule has 0 radical (unpaired) electrons. The van der Waals surface area contributed by atoms with Crippen LogP contribution in [0.2, 0.25) is 0 Å². The van der Waals surface area contributed by atoms with E-state index in [0.29, 0.717) is 17.2 Å². The fourth-order valence-electron chi connectivity index (χ4n) is 3.33. The second-order valence-corrected chi connectivity index (χ2v) is 6.53. The van der Waals surface area contributed by atoms with Crippen molar-refractivity contribution in [3.8, 4) is 11.5 Å². The van der Waals surface area contributed by atoms with Crippen LogP contribution in [0.3, 0.4) is 0 Å². The predicted octanol–water partition coefficient (Wildman–Crippen LogP) is 3.27. The van der Waals surface area contributed by atoms with Gasteiger partial charge in [-0.25, -0.2) is 0 Å². The van der Waals surface area contributed by atoms with E-state index < -0.39 is 5.91 Å². The van der Waals surface area contributed by atoms with E-state index in [-0.39, 0.29) is 22.7 Å². The molecule has 0 aromatic heterocycles. The number of halogens is 1. The molecule has 0 saturated heterocycles. The molecule has 1 aromatic rings. The molecule has 3 rings (SSSR count). The van der Waals surface area contributed by atoms with E-state index >= 15 is 0 Å². The summed E-state index contributed by atoms with van der Waals surface area (Å²) in [6, 6.07) is 5.08. The lowest BCUT2D eigenvalue weighted by atomic mass is 9.94. The van der Waals surface area contributed by atoms with Crippen LogP contribution >= 0.6 is 11.6 Å². The fraction of sp³-hybridized carbons (Fsp3) is 0.444. The number of nitrogens with one attached hydrogen (secondary N) is 1.